The summed E-state index contributed by atoms with van der Waals surface area (Å²) in [7, 11) is 4.88. The first-order valence-electron chi connectivity index (χ1n) is 9.01. The molecule has 0 aliphatic carbocycles. The standard InChI is InChI=1S/C21H26N2O4S/c1-21(2)12-17(15-8-6-13(24-3)10-18(15)27-21)23-20(28)22-16-9-7-14(25-4)11-19(16)26-5/h6-11,17H,12H2,1-5H3,(H2,22,23,28)/t17-/m1/s1. The number of methoxy groups -OCH3 is 3. The second-order valence-corrected chi connectivity index (χ2v) is 7.60. The van der Waals surface area contributed by atoms with Crippen molar-refractivity contribution in [2.45, 2.75) is 31.9 Å². The average molecular weight is 403 g/mol. The van der Waals surface area contributed by atoms with Gasteiger partial charge in [-0.2, -0.15) is 0 Å². The minimum Gasteiger partial charge on any atom is -0.497 e. The number of hydrogen-bond donors (Lipinski definition) is 2. The van der Waals surface area contributed by atoms with Gasteiger partial charge in [0.25, 0.3) is 0 Å². The lowest BCUT2D eigenvalue weighted by Crippen LogP contribution is -2.42. The lowest BCUT2D eigenvalue weighted by atomic mass is 9.89. The van der Waals surface area contributed by atoms with Gasteiger partial charge in [-0.1, -0.05) is 0 Å². The highest BCUT2D eigenvalue weighted by atomic mass is 32.1. The third kappa shape index (κ3) is 4.42. The molecule has 2 N–H and O–H groups in total. The van der Waals surface area contributed by atoms with Crippen LogP contribution in [0.2, 0.25) is 0 Å². The van der Waals surface area contributed by atoms with Crippen LogP contribution in [-0.2, 0) is 0 Å². The number of benzene rings is 2. The zero-order chi connectivity index (χ0) is 20.3. The van der Waals surface area contributed by atoms with Crippen LogP contribution in [0.25, 0.3) is 0 Å². The van der Waals surface area contributed by atoms with Crippen LogP contribution < -0.4 is 29.6 Å². The molecule has 1 aliphatic rings. The third-order valence-electron chi connectivity index (χ3n) is 4.64. The van der Waals surface area contributed by atoms with E-state index in [1.165, 1.54) is 0 Å². The van der Waals surface area contributed by atoms with Gasteiger partial charge in [0.2, 0.25) is 0 Å². The predicted octanol–water partition coefficient (Wildman–Crippen LogP) is 4.30. The lowest BCUT2D eigenvalue weighted by Gasteiger charge is -2.38. The summed E-state index contributed by atoms with van der Waals surface area (Å²) < 4.78 is 22.1. The van der Waals surface area contributed by atoms with Crippen LogP contribution in [0.3, 0.4) is 0 Å². The van der Waals surface area contributed by atoms with Crippen molar-refractivity contribution in [1.82, 2.24) is 5.32 Å². The molecule has 0 spiro atoms. The number of ether oxygens (including phenoxy) is 4. The van der Waals surface area contributed by atoms with Gasteiger partial charge in [-0.25, -0.2) is 0 Å². The SMILES string of the molecule is COc1ccc(NC(=S)N[C@@H]2CC(C)(C)Oc3cc(OC)ccc32)c(OC)c1. The molecule has 0 aromatic heterocycles. The molecule has 28 heavy (non-hydrogen) atoms. The van der Waals surface area contributed by atoms with Gasteiger partial charge in [0.1, 0.15) is 28.6 Å². The third-order valence-corrected chi connectivity index (χ3v) is 4.86. The Morgan fingerprint density at radius 2 is 1.71 bits per heavy atom. The Bertz CT molecular complexity index is 869. The van der Waals surface area contributed by atoms with E-state index in [0.29, 0.717) is 10.9 Å². The molecule has 1 atom stereocenters. The smallest absolute Gasteiger partial charge is 0.171 e. The first-order valence-corrected chi connectivity index (χ1v) is 9.42. The minimum absolute atomic E-state index is 0.00824. The van der Waals surface area contributed by atoms with Crippen LogP contribution in [-0.4, -0.2) is 32.0 Å². The molecule has 3 rings (SSSR count). The molecule has 0 amide bonds. The lowest BCUT2D eigenvalue weighted by molar-refractivity contribution is 0.0693. The Kier molecular flexibility index (Phi) is 5.84. The molecule has 0 radical (unpaired) electrons. The highest BCUT2D eigenvalue weighted by Gasteiger charge is 2.34. The molecule has 6 nitrogen and oxygen atoms in total. The zero-order valence-electron chi connectivity index (χ0n) is 16.8. The van der Waals surface area contributed by atoms with Crippen LogP contribution in [0.5, 0.6) is 23.0 Å². The van der Waals surface area contributed by atoms with E-state index in [4.69, 9.17) is 31.2 Å². The molecule has 150 valence electrons. The van der Waals surface area contributed by atoms with Gasteiger partial charge in [-0.15, -0.1) is 0 Å². The minimum atomic E-state index is -0.329. The van der Waals surface area contributed by atoms with Gasteiger partial charge < -0.3 is 29.6 Å². The largest absolute Gasteiger partial charge is 0.497 e. The maximum atomic E-state index is 6.14. The van der Waals surface area contributed by atoms with Gasteiger partial charge in [-0.05, 0) is 50.3 Å². The van der Waals surface area contributed by atoms with Gasteiger partial charge >= 0.3 is 0 Å². The molecule has 0 saturated heterocycles. The Balaban J connectivity index is 1.79. The number of thiocarbonyl (C=S) groups is 1. The van der Waals surface area contributed by atoms with Gasteiger partial charge in [0.05, 0.1) is 33.1 Å². The first kappa shape index (κ1) is 20.1. The molecule has 2 aromatic rings. The van der Waals surface area contributed by atoms with Crippen LogP contribution in [0.4, 0.5) is 5.69 Å². The van der Waals surface area contributed by atoms with Crippen molar-refractivity contribution in [3.05, 3.63) is 42.0 Å². The number of hydrogen-bond acceptors (Lipinski definition) is 5. The summed E-state index contributed by atoms with van der Waals surface area (Å²) in [5, 5.41) is 7.13. The molecule has 7 heteroatoms. The van der Waals surface area contributed by atoms with Gasteiger partial charge in [0, 0.05) is 24.1 Å². The Labute approximate surface area is 171 Å². The van der Waals surface area contributed by atoms with Crippen molar-refractivity contribution in [1.29, 1.82) is 0 Å². The normalized spacial score (nSPS) is 17.0. The Morgan fingerprint density at radius 1 is 1.04 bits per heavy atom. The fourth-order valence-corrected chi connectivity index (χ4v) is 3.56. The summed E-state index contributed by atoms with van der Waals surface area (Å²) in [6.07, 6.45) is 0.772. The van der Waals surface area contributed by atoms with Crippen molar-refractivity contribution < 1.29 is 18.9 Å². The predicted molar refractivity (Wildman–Crippen MR) is 114 cm³/mol. The molecular weight excluding hydrogens is 376 g/mol. The van der Waals surface area contributed by atoms with E-state index in [9.17, 15) is 0 Å². The first-order chi connectivity index (χ1) is 13.3. The van der Waals surface area contributed by atoms with E-state index < -0.39 is 0 Å². The van der Waals surface area contributed by atoms with Crippen molar-refractivity contribution >= 4 is 23.0 Å². The maximum absolute atomic E-state index is 6.14. The molecule has 0 fully saturated rings. The molecule has 0 bridgehead atoms. The zero-order valence-corrected chi connectivity index (χ0v) is 17.6. The van der Waals surface area contributed by atoms with Crippen LogP contribution in [0.15, 0.2) is 36.4 Å². The summed E-state index contributed by atoms with van der Waals surface area (Å²) in [4.78, 5) is 0. The number of nitrogens with one attached hydrogen (secondary N) is 2. The molecule has 2 aromatic carbocycles. The topological polar surface area (TPSA) is 61.0 Å². The second-order valence-electron chi connectivity index (χ2n) is 7.19. The fraction of sp³-hybridized carbons (Fsp3) is 0.381. The molecule has 0 unspecified atom stereocenters. The van der Waals surface area contributed by atoms with Crippen molar-refractivity contribution in [3.8, 4) is 23.0 Å². The number of anilines is 1. The second kappa shape index (κ2) is 8.14. The molecule has 1 aliphatic heterocycles. The van der Waals surface area contributed by atoms with E-state index in [1.807, 2.05) is 36.4 Å². The van der Waals surface area contributed by atoms with Crippen LogP contribution in [0.1, 0.15) is 31.9 Å². The van der Waals surface area contributed by atoms with E-state index in [0.717, 1.165) is 34.9 Å². The quantitative estimate of drug-likeness (QED) is 0.723. The summed E-state index contributed by atoms with van der Waals surface area (Å²) in [5.74, 6) is 2.94. The fourth-order valence-electron chi connectivity index (χ4n) is 3.31. The van der Waals surface area contributed by atoms with Crippen LogP contribution in [0, 0.1) is 0 Å². The Hall–Kier alpha value is -2.67. The van der Waals surface area contributed by atoms with E-state index in [1.54, 1.807) is 21.3 Å². The molecule has 0 saturated carbocycles. The van der Waals surface area contributed by atoms with Gasteiger partial charge in [-0.3, -0.25) is 0 Å². The summed E-state index contributed by atoms with van der Waals surface area (Å²) in [6, 6.07) is 11.4. The van der Waals surface area contributed by atoms with Crippen molar-refractivity contribution in [2.75, 3.05) is 26.6 Å². The number of fused-ring (bicyclic) bond motifs is 1. The summed E-state index contributed by atoms with van der Waals surface area (Å²) in [5.41, 5.74) is 1.48. The average Bonchev–Trinajstić information content (AvgIpc) is 2.66. The molecular formula is C21H26N2O4S. The highest BCUT2D eigenvalue weighted by molar-refractivity contribution is 7.80. The van der Waals surface area contributed by atoms with Crippen molar-refractivity contribution in [2.24, 2.45) is 0 Å². The number of rotatable bonds is 5. The van der Waals surface area contributed by atoms with E-state index in [2.05, 4.69) is 24.5 Å². The van der Waals surface area contributed by atoms with Gasteiger partial charge in [0.15, 0.2) is 5.11 Å². The summed E-state index contributed by atoms with van der Waals surface area (Å²) >= 11 is 5.56. The molecule has 1 heterocycles. The monoisotopic (exact) mass is 402 g/mol. The van der Waals surface area contributed by atoms with E-state index >= 15 is 0 Å². The summed E-state index contributed by atoms with van der Waals surface area (Å²) in [6.45, 7) is 4.13. The highest BCUT2D eigenvalue weighted by Crippen LogP contribution is 2.41. The Morgan fingerprint density at radius 3 is 2.39 bits per heavy atom. The van der Waals surface area contributed by atoms with Crippen LogP contribution >= 0.6 is 12.2 Å². The maximum Gasteiger partial charge on any atom is 0.171 e. The van der Waals surface area contributed by atoms with Crippen molar-refractivity contribution in [3.63, 3.8) is 0 Å². The van der Waals surface area contributed by atoms with E-state index in [-0.39, 0.29) is 11.6 Å².